The first-order chi connectivity index (χ1) is 13.0. The number of nitrogens with zero attached hydrogens (tertiary/aromatic N) is 1. The fraction of sp³-hybridized carbons (Fsp3) is 0.636. The van der Waals surface area contributed by atoms with Crippen molar-refractivity contribution in [3.8, 4) is 17.6 Å². The lowest BCUT2D eigenvalue weighted by Crippen LogP contribution is -2.23. The minimum Gasteiger partial charge on any atom is -0.493 e. The third-order valence-electron chi connectivity index (χ3n) is 6.94. The van der Waals surface area contributed by atoms with Gasteiger partial charge < -0.3 is 14.6 Å². The van der Waals surface area contributed by atoms with Crippen LogP contribution >= 0.6 is 0 Å². The van der Waals surface area contributed by atoms with Crippen LogP contribution in [-0.4, -0.2) is 24.3 Å². The van der Waals surface area contributed by atoms with Gasteiger partial charge in [0.1, 0.15) is 0 Å². The molecule has 0 radical (unpaired) electrons. The zero-order valence-corrected chi connectivity index (χ0v) is 15.8. The Morgan fingerprint density at radius 2 is 1.85 bits per heavy atom. The molecular formula is C22H27NO4. The summed E-state index contributed by atoms with van der Waals surface area (Å²) in [4.78, 5) is 11.3. The minimum absolute atomic E-state index is 0.228. The maximum Gasteiger partial charge on any atom is 0.306 e. The normalized spacial score (nSPS) is 32.8. The standard InChI is InChI=1S/C22H27NO4/c1-26-19-7-6-17(10-20(19)27-18-4-2-3-5-18)22(13-23)11-15-8-14(21(24)25)9-16(15)12-22/h6-7,10,14-16,18H,2-5,8-9,11-12H2,1H3,(H,24,25)/t14?,15-,16+,22?. The summed E-state index contributed by atoms with van der Waals surface area (Å²) in [7, 11) is 1.64. The zero-order chi connectivity index (χ0) is 19.0. The Labute approximate surface area is 160 Å². The summed E-state index contributed by atoms with van der Waals surface area (Å²) in [6, 6.07) is 8.47. The van der Waals surface area contributed by atoms with E-state index in [1.54, 1.807) is 7.11 Å². The number of hydrogen-bond donors (Lipinski definition) is 1. The Balaban J connectivity index is 1.58. The average Bonchev–Trinajstić information content (AvgIpc) is 3.36. The molecule has 3 aliphatic rings. The predicted octanol–water partition coefficient (Wildman–Crippen LogP) is 4.30. The average molecular weight is 369 g/mol. The van der Waals surface area contributed by atoms with Crippen molar-refractivity contribution in [2.24, 2.45) is 17.8 Å². The van der Waals surface area contributed by atoms with Crippen LogP contribution in [0.4, 0.5) is 0 Å². The molecule has 3 aliphatic carbocycles. The monoisotopic (exact) mass is 369 g/mol. The smallest absolute Gasteiger partial charge is 0.306 e. The van der Waals surface area contributed by atoms with E-state index in [2.05, 4.69) is 6.07 Å². The van der Waals surface area contributed by atoms with Gasteiger partial charge in [0.05, 0.1) is 30.6 Å². The van der Waals surface area contributed by atoms with Crippen LogP contribution in [0.5, 0.6) is 11.5 Å². The van der Waals surface area contributed by atoms with Crippen LogP contribution < -0.4 is 9.47 Å². The van der Waals surface area contributed by atoms with Gasteiger partial charge in [-0.3, -0.25) is 4.79 Å². The minimum atomic E-state index is -0.691. The number of fused-ring (bicyclic) bond motifs is 1. The van der Waals surface area contributed by atoms with Crippen molar-refractivity contribution in [2.45, 2.75) is 62.9 Å². The maximum atomic E-state index is 11.3. The molecule has 3 saturated carbocycles. The third kappa shape index (κ3) is 3.26. The highest BCUT2D eigenvalue weighted by Gasteiger charge is 2.52. The van der Waals surface area contributed by atoms with E-state index in [1.807, 2.05) is 18.2 Å². The number of carboxylic acids is 1. The summed E-state index contributed by atoms with van der Waals surface area (Å²) in [5.41, 5.74) is 0.443. The quantitative estimate of drug-likeness (QED) is 0.837. The van der Waals surface area contributed by atoms with Crippen molar-refractivity contribution in [2.75, 3.05) is 7.11 Å². The van der Waals surface area contributed by atoms with Gasteiger partial charge >= 0.3 is 5.97 Å². The van der Waals surface area contributed by atoms with Crippen LogP contribution in [0.1, 0.15) is 56.9 Å². The molecule has 2 unspecified atom stereocenters. The molecule has 0 heterocycles. The Hall–Kier alpha value is -2.22. The van der Waals surface area contributed by atoms with Gasteiger partial charge in [0, 0.05) is 0 Å². The van der Waals surface area contributed by atoms with Crippen LogP contribution in [0.3, 0.4) is 0 Å². The molecule has 1 aromatic carbocycles. The van der Waals surface area contributed by atoms with Gasteiger partial charge in [-0.1, -0.05) is 6.07 Å². The molecule has 0 spiro atoms. The first-order valence-electron chi connectivity index (χ1n) is 10.0. The lowest BCUT2D eigenvalue weighted by molar-refractivity contribution is -0.141. The molecule has 5 heteroatoms. The van der Waals surface area contributed by atoms with E-state index >= 15 is 0 Å². The van der Waals surface area contributed by atoms with Gasteiger partial charge in [-0.15, -0.1) is 0 Å². The molecule has 27 heavy (non-hydrogen) atoms. The highest BCUT2D eigenvalue weighted by atomic mass is 16.5. The van der Waals surface area contributed by atoms with Gasteiger partial charge in [0.2, 0.25) is 0 Å². The molecule has 3 fully saturated rings. The second-order valence-corrected chi connectivity index (χ2v) is 8.52. The first-order valence-corrected chi connectivity index (χ1v) is 10.0. The number of aliphatic carboxylic acids is 1. The van der Waals surface area contributed by atoms with Crippen molar-refractivity contribution < 1.29 is 19.4 Å². The Kier molecular flexibility index (Phi) is 4.75. The van der Waals surface area contributed by atoms with Crippen LogP contribution in [0.2, 0.25) is 0 Å². The predicted molar refractivity (Wildman–Crippen MR) is 99.7 cm³/mol. The second-order valence-electron chi connectivity index (χ2n) is 8.52. The topological polar surface area (TPSA) is 79.5 Å². The summed E-state index contributed by atoms with van der Waals surface area (Å²) in [6.45, 7) is 0. The number of nitriles is 1. The van der Waals surface area contributed by atoms with E-state index in [-0.39, 0.29) is 12.0 Å². The van der Waals surface area contributed by atoms with E-state index < -0.39 is 11.4 Å². The number of rotatable bonds is 5. The molecule has 4 rings (SSSR count). The zero-order valence-electron chi connectivity index (χ0n) is 15.8. The van der Waals surface area contributed by atoms with Crippen LogP contribution in [-0.2, 0) is 10.2 Å². The first kappa shape index (κ1) is 18.2. The molecule has 4 atom stereocenters. The molecule has 0 saturated heterocycles. The molecule has 0 aliphatic heterocycles. The number of carbonyl (C=O) groups is 1. The Bertz CT molecular complexity index is 748. The van der Waals surface area contributed by atoms with Crippen LogP contribution in [0.25, 0.3) is 0 Å². The van der Waals surface area contributed by atoms with Crippen molar-refractivity contribution in [3.63, 3.8) is 0 Å². The van der Waals surface area contributed by atoms with Crippen molar-refractivity contribution in [1.29, 1.82) is 5.26 Å². The van der Waals surface area contributed by atoms with Gasteiger partial charge in [0.15, 0.2) is 11.5 Å². The second kappa shape index (κ2) is 7.07. The van der Waals surface area contributed by atoms with Crippen molar-refractivity contribution >= 4 is 5.97 Å². The number of hydrogen-bond acceptors (Lipinski definition) is 4. The molecule has 1 aromatic rings. The largest absolute Gasteiger partial charge is 0.493 e. The van der Waals surface area contributed by atoms with Crippen molar-refractivity contribution in [3.05, 3.63) is 23.8 Å². The molecular weight excluding hydrogens is 342 g/mol. The van der Waals surface area contributed by atoms with E-state index in [0.29, 0.717) is 30.4 Å². The summed E-state index contributed by atoms with van der Waals surface area (Å²) < 4.78 is 11.7. The molecule has 0 amide bonds. The summed E-state index contributed by atoms with van der Waals surface area (Å²) in [5, 5.41) is 19.4. The summed E-state index contributed by atoms with van der Waals surface area (Å²) in [5.74, 6) is 1.16. The van der Waals surface area contributed by atoms with Crippen LogP contribution in [0.15, 0.2) is 18.2 Å². The fourth-order valence-electron chi connectivity index (χ4n) is 5.54. The Morgan fingerprint density at radius 3 is 2.41 bits per heavy atom. The van der Waals surface area contributed by atoms with Gasteiger partial charge in [-0.2, -0.15) is 5.26 Å². The Morgan fingerprint density at radius 1 is 1.19 bits per heavy atom. The highest BCUT2D eigenvalue weighted by molar-refractivity contribution is 5.70. The van der Waals surface area contributed by atoms with E-state index in [1.165, 1.54) is 12.8 Å². The highest BCUT2D eigenvalue weighted by Crippen LogP contribution is 2.56. The SMILES string of the molecule is COc1ccc(C2(C#N)C[C@H]3CC(C(=O)O)C[C@H]3C2)cc1OC1CCCC1. The van der Waals surface area contributed by atoms with Gasteiger partial charge in [-0.25, -0.2) is 0 Å². The van der Waals surface area contributed by atoms with Crippen molar-refractivity contribution in [1.82, 2.24) is 0 Å². The van der Waals surface area contributed by atoms with E-state index in [4.69, 9.17) is 9.47 Å². The summed E-state index contributed by atoms with van der Waals surface area (Å²) >= 11 is 0. The third-order valence-corrected chi connectivity index (χ3v) is 6.94. The maximum absolute atomic E-state index is 11.3. The van der Waals surface area contributed by atoms with Crippen LogP contribution in [0, 0.1) is 29.1 Å². The fourth-order valence-corrected chi connectivity index (χ4v) is 5.54. The molecule has 5 nitrogen and oxygen atoms in total. The molecule has 0 bridgehead atoms. The lowest BCUT2D eigenvalue weighted by atomic mass is 9.77. The number of carboxylic acid groups (broad SMARTS) is 1. The summed E-state index contributed by atoms with van der Waals surface area (Å²) in [6.07, 6.45) is 7.64. The van der Waals surface area contributed by atoms with Gasteiger partial charge in [0.25, 0.3) is 0 Å². The lowest BCUT2D eigenvalue weighted by Gasteiger charge is -2.25. The van der Waals surface area contributed by atoms with E-state index in [9.17, 15) is 15.2 Å². The molecule has 1 N–H and O–H groups in total. The van der Waals surface area contributed by atoms with E-state index in [0.717, 1.165) is 37.0 Å². The number of ether oxygens (including phenoxy) is 2. The molecule has 0 aromatic heterocycles. The van der Waals surface area contributed by atoms with Gasteiger partial charge in [-0.05, 0) is 80.9 Å². The number of methoxy groups -OCH3 is 1. The molecule has 144 valence electrons. The number of benzene rings is 1.